The van der Waals surface area contributed by atoms with Crippen molar-refractivity contribution in [1.82, 2.24) is 5.32 Å². The van der Waals surface area contributed by atoms with Gasteiger partial charge in [0, 0.05) is 6.61 Å². The number of amides is 1. The van der Waals surface area contributed by atoms with Gasteiger partial charge in [-0.3, -0.25) is 4.79 Å². The lowest BCUT2D eigenvalue weighted by molar-refractivity contribution is -0.130. The molecule has 1 aliphatic rings. The first kappa shape index (κ1) is 15.6. The van der Waals surface area contributed by atoms with Crippen LogP contribution in [0.25, 0.3) is 0 Å². The molecule has 0 aliphatic carbocycles. The number of hydrogen-bond acceptors (Lipinski definition) is 4. The van der Waals surface area contributed by atoms with Crippen molar-refractivity contribution in [3.05, 3.63) is 23.8 Å². The highest BCUT2D eigenvalue weighted by Gasteiger charge is 2.25. The van der Waals surface area contributed by atoms with E-state index in [0.717, 1.165) is 18.4 Å². The molecule has 1 aromatic carbocycles. The van der Waals surface area contributed by atoms with E-state index in [2.05, 4.69) is 5.32 Å². The van der Waals surface area contributed by atoms with Crippen molar-refractivity contribution in [1.29, 1.82) is 0 Å². The molecule has 1 N–H and O–H groups in total. The highest BCUT2D eigenvalue weighted by molar-refractivity contribution is 5.81. The Morgan fingerprint density at radius 1 is 1.48 bits per heavy atom. The second kappa shape index (κ2) is 7.31. The van der Waals surface area contributed by atoms with Gasteiger partial charge in [0.1, 0.15) is 6.10 Å². The lowest BCUT2D eigenvalue weighted by atomic mass is 10.1. The van der Waals surface area contributed by atoms with Gasteiger partial charge in [0.25, 0.3) is 0 Å². The van der Waals surface area contributed by atoms with Gasteiger partial charge in [0.15, 0.2) is 11.5 Å². The lowest BCUT2D eigenvalue weighted by Crippen LogP contribution is -2.35. The Bertz CT molecular complexity index is 483. The van der Waals surface area contributed by atoms with Gasteiger partial charge in [0.2, 0.25) is 5.91 Å². The third kappa shape index (κ3) is 3.88. The summed E-state index contributed by atoms with van der Waals surface area (Å²) in [6, 6.07) is 5.59. The molecule has 0 spiro atoms. The van der Waals surface area contributed by atoms with Crippen LogP contribution in [0.4, 0.5) is 0 Å². The lowest BCUT2D eigenvalue weighted by Gasteiger charge is -2.18. The summed E-state index contributed by atoms with van der Waals surface area (Å²) in [7, 11) is 1.61. The monoisotopic (exact) mass is 293 g/mol. The fourth-order valence-corrected chi connectivity index (χ4v) is 2.40. The van der Waals surface area contributed by atoms with Gasteiger partial charge >= 0.3 is 0 Å². The molecule has 0 aromatic heterocycles. The van der Waals surface area contributed by atoms with E-state index in [4.69, 9.17) is 14.2 Å². The van der Waals surface area contributed by atoms with Gasteiger partial charge in [-0.2, -0.15) is 0 Å². The SMILES string of the molecule is CCOc1ccc([C@H](C)NC(=O)[C@@H]2CCCO2)cc1OC. The van der Waals surface area contributed by atoms with E-state index in [9.17, 15) is 4.79 Å². The molecule has 0 saturated carbocycles. The predicted octanol–water partition coefficient (Wildman–Crippen LogP) is 2.45. The number of carbonyl (C=O) groups is 1. The number of rotatable bonds is 6. The van der Waals surface area contributed by atoms with Crippen LogP contribution in [0.2, 0.25) is 0 Å². The van der Waals surface area contributed by atoms with Crippen LogP contribution >= 0.6 is 0 Å². The minimum absolute atomic E-state index is 0.0483. The van der Waals surface area contributed by atoms with E-state index in [1.54, 1.807) is 7.11 Å². The maximum atomic E-state index is 12.1. The van der Waals surface area contributed by atoms with E-state index in [1.165, 1.54) is 0 Å². The molecule has 0 unspecified atom stereocenters. The zero-order valence-corrected chi connectivity index (χ0v) is 12.8. The van der Waals surface area contributed by atoms with E-state index in [0.29, 0.717) is 24.7 Å². The van der Waals surface area contributed by atoms with E-state index in [1.807, 2.05) is 32.0 Å². The van der Waals surface area contributed by atoms with Crippen molar-refractivity contribution in [3.63, 3.8) is 0 Å². The minimum Gasteiger partial charge on any atom is -0.493 e. The van der Waals surface area contributed by atoms with Crippen LogP contribution in [0.1, 0.15) is 38.3 Å². The van der Waals surface area contributed by atoms with Gasteiger partial charge in [0.05, 0.1) is 19.8 Å². The molecule has 5 heteroatoms. The average molecular weight is 293 g/mol. The van der Waals surface area contributed by atoms with Crippen molar-refractivity contribution in [2.24, 2.45) is 0 Å². The Balaban J connectivity index is 2.04. The molecule has 1 aliphatic heterocycles. The number of nitrogens with one attached hydrogen (secondary N) is 1. The summed E-state index contributed by atoms with van der Waals surface area (Å²) in [4.78, 5) is 12.1. The molecule has 2 atom stereocenters. The molecule has 1 heterocycles. The van der Waals surface area contributed by atoms with Crippen LogP contribution in [-0.2, 0) is 9.53 Å². The van der Waals surface area contributed by atoms with Crippen molar-refractivity contribution in [2.75, 3.05) is 20.3 Å². The summed E-state index contributed by atoms with van der Waals surface area (Å²) in [5.74, 6) is 1.34. The third-order valence-corrected chi connectivity index (χ3v) is 3.57. The predicted molar refractivity (Wildman–Crippen MR) is 79.7 cm³/mol. The van der Waals surface area contributed by atoms with E-state index < -0.39 is 0 Å². The van der Waals surface area contributed by atoms with Crippen molar-refractivity contribution < 1.29 is 19.0 Å². The minimum atomic E-state index is -0.308. The molecular formula is C16H23NO4. The van der Waals surface area contributed by atoms with Crippen LogP contribution in [-0.4, -0.2) is 32.3 Å². The molecule has 5 nitrogen and oxygen atoms in total. The van der Waals surface area contributed by atoms with Gasteiger partial charge in [-0.1, -0.05) is 6.07 Å². The zero-order valence-electron chi connectivity index (χ0n) is 12.8. The summed E-state index contributed by atoms with van der Waals surface area (Å²) in [6.07, 6.45) is 1.44. The van der Waals surface area contributed by atoms with Gasteiger partial charge < -0.3 is 19.5 Å². The molecule has 1 aromatic rings. The van der Waals surface area contributed by atoms with Gasteiger partial charge in [-0.25, -0.2) is 0 Å². The quantitative estimate of drug-likeness (QED) is 0.875. The normalized spacial score (nSPS) is 19.1. The molecule has 21 heavy (non-hydrogen) atoms. The summed E-state index contributed by atoms with van der Waals surface area (Å²) < 4.78 is 16.2. The molecule has 1 saturated heterocycles. The standard InChI is InChI=1S/C16H23NO4/c1-4-20-13-8-7-12(10-15(13)19-3)11(2)17-16(18)14-6-5-9-21-14/h7-8,10-11,14H,4-6,9H2,1-3H3,(H,17,18)/t11-,14-/m0/s1. The van der Waals surface area contributed by atoms with Crippen molar-refractivity contribution in [3.8, 4) is 11.5 Å². The number of ether oxygens (including phenoxy) is 3. The zero-order chi connectivity index (χ0) is 15.2. The summed E-state index contributed by atoms with van der Waals surface area (Å²) in [5, 5.41) is 2.98. The number of benzene rings is 1. The third-order valence-electron chi connectivity index (χ3n) is 3.57. The smallest absolute Gasteiger partial charge is 0.249 e. The van der Waals surface area contributed by atoms with E-state index >= 15 is 0 Å². The highest BCUT2D eigenvalue weighted by atomic mass is 16.5. The maximum absolute atomic E-state index is 12.1. The summed E-state index contributed by atoms with van der Waals surface area (Å²) >= 11 is 0. The number of hydrogen-bond donors (Lipinski definition) is 1. The van der Waals surface area contributed by atoms with Gasteiger partial charge in [-0.15, -0.1) is 0 Å². The molecule has 0 radical (unpaired) electrons. The Hall–Kier alpha value is -1.75. The summed E-state index contributed by atoms with van der Waals surface area (Å²) in [5.41, 5.74) is 0.974. The van der Waals surface area contributed by atoms with Crippen LogP contribution in [0.15, 0.2) is 18.2 Å². The number of carbonyl (C=O) groups excluding carboxylic acids is 1. The fourth-order valence-electron chi connectivity index (χ4n) is 2.40. The van der Waals surface area contributed by atoms with Crippen molar-refractivity contribution >= 4 is 5.91 Å². The second-order valence-electron chi connectivity index (χ2n) is 5.08. The largest absolute Gasteiger partial charge is 0.493 e. The fraction of sp³-hybridized carbons (Fsp3) is 0.562. The molecule has 116 valence electrons. The highest BCUT2D eigenvalue weighted by Crippen LogP contribution is 2.30. The van der Waals surface area contributed by atoms with Crippen LogP contribution < -0.4 is 14.8 Å². The first-order valence-electron chi connectivity index (χ1n) is 7.38. The Morgan fingerprint density at radius 2 is 2.29 bits per heavy atom. The first-order chi connectivity index (χ1) is 10.2. The Morgan fingerprint density at radius 3 is 2.90 bits per heavy atom. The summed E-state index contributed by atoms with van der Waals surface area (Å²) in [6.45, 7) is 5.13. The van der Waals surface area contributed by atoms with Crippen LogP contribution in [0, 0.1) is 0 Å². The number of methoxy groups -OCH3 is 1. The second-order valence-corrected chi connectivity index (χ2v) is 5.08. The molecule has 2 rings (SSSR count). The van der Waals surface area contributed by atoms with Crippen LogP contribution in [0.5, 0.6) is 11.5 Å². The van der Waals surface area contributed by atoms with Gasteiger partial charge in [-0.05, 0) is 44.4 Å². The average Bonchev–Trinajstić information content (AvgIpc) is 3.02. The Labute approximate surface area is 125 Å². The molecule has 0 bridgehead atoms. The maximum Gasteiger partial charge on any atom is 0.249 e. The molecule has 1 amide bonds. The molecule has 1 fully saturated rings. The van der Waals surface area contributed by atoms with Crippen molar-refractivity contribution in [2.45, 2.75) is 38.8 Å². The molecular weight excluding hydrogens is 270 g/mol. The topological polar surface area (TPSA) is 56.8 Å². The van der Waals surface area contributed by atoms with Crippen LogP contribution in [0.3, 0.4) is 0 Å². The Kier molecular flexibility index (Phi) is 5.44. The van der Waals surface area contributed by atoms with E-state index in [-0.39, 0.29) is 18.1 Å². The first-order valence-corrected chi connectivity index (χ1v) is 7.38.